The molecule has 2 nitrogen and oxygen atoms in total. The van der Waals surface area contributed by atoms with Crippen molar-refractivity contribution in [2.75, 3.05) is 19.6 Å². The predicted octanol–water partition coefficient (Wildman–Crippen LogP) is 4.09. The molecule has 2 atom stereocenters. The molecule has 0 saturated carbocycles. The molecule has 2 aliphatic rings. The van der Waals surface area contributed by atoms with E-state index in [0.29, 0.717) is 6.04 Å². The van der Waals surface area contributed by atoms with Gasteiger partial charge in [-0.2, -0.15) is 0 Å². The van der Waals surface area contributed by atoms with Gasteiger partial charge in [0.2, 0.25) is 0 Å². The van der Waals surface area contributed by atoms with Gasteiger partial charge in [0.1, 0.15) is 0 Å². The molecule has 21 heavy (non-hydrogen) atoms. The van der Waals surface area contributed by atoms with E-state index in [1.807, 2.05) is 0 Å². The van der Waals surface area contributed by atoms with Crippen molar-refractivity contribution in [1.29, 1.82) is 0 Å². The number of nitrogens with zero attached hydrogens (tertiary/aromatic N) is 2. The number of hydrogen-bond acceptors (Lipinski definition) is 2. The molecule has 0 amide bonds. The Morgan fingerprint density at radius 3 is 2.52 bits per heavy atom. The van der Waals surface area contributed by atoms with Crippen LogP contribution in [0, 0.1) is 0 Å². The fraction of sp³-hybridized carbons (Fsp3) is 0.684. The van der Waals surface area contributed by atoms with Gasteiger partial charge >= 0.3 is 0 Å². The zero-order valence-electron chi connectivity index (χ0n) is 13.7. The molecule has 1 aromatic rings. The second-order valence-corrected chi connectivity index (χ2v) is 6.74. The molecule has 2 aliphatic heterocycles. The highest BCUT2D eigenvalue weighted by Gasteiger charge is 2.37. The largest absolute Gasteiger partial charge is 0.297 e. The quantitative estimate of drug-likeness (QED) is 0.822. The lowest BCUT2D eigenvalue weighted by Crippen LogP contribution is -2.58. The summed E-state index contributed by atoms with van der Waals surface area (Å²) < 4.78 is 0. The molecule has 0 spiro atoms. The summed E-state index contributed by atoms with van der Waals surface area (Å²) in [6.07, 6.45) is 6.76. The maximum atomic E-state index is 2.82. The zero-order valence-corrected chi connectivity index (χ0v) is 13.7. The van der Waals surface area contributed by atoms with Gasteiger partial charge in [0.25, 0.3) is 0 Å². The number of hydrogen-bond donors (Lipinski definition) is 0. The fourth-order valence-corrected chi connectivity index (χ4v) is 4.34. The minimum atomic E-state index is 0.588. The molecule has 2 heteroatoms. The Morgan fingerprint density at radius 2 is 1.81 bits per heavy atom. The summed E-state index contributed by atoms with van der Waals surface area (Å²) in [5, 5.41) is 0. The van der Waals surface area contributed by atoms with Crippen LogP contribution in [0.2, 0.25) is 0 Å². The van der Waals surface area contributed by atoms with Crippen LogP contribution in [-0.2, 0) is 0 Å². The zero-order chi connectivity index (χ0) is 14.7. The van der Waals surface area contributed by atoms with Crippen molar-refractivity contribution in [3.8, 4) is 0 Å². The number of benzene rings is 1. The molecule has 0 aliphatic carbocycles. The van der Waals surface area contributed by atoms with Gasteiger partial charge in [0.15, 0.2) is 0 Å². The molecule has 116 valence electrons. The van der Waals surface area contributed by atoms with E-state index < -0.39 is 0 Å². The van der Waals surface area contributed by atoms with E-state index in [1.54, 1.807) is 0 Å². The molecule has 0 N–H and O–H groups in total. The summed E-state index contributed by atoms with van der Waals surface area (Å²) >= 11 is 0. The van der Waals surface area contributed by atoms with Gasteiger partial charge in [-0.15, -0.1) is 0 Å². The summed E-state index contributed by atoms with van der Waals surface area (Å²) in [7, 11) is 0. The average molecular weight is 286 g/mol. The normalized spacial score (nSPS) is 27.8. The van der Waals surface area contributed by atoms with Crippen LogP contribution in [0.4, 0.5) is 0 Å². The van der Waals surface area contributed by atoms with Crippen molar-refractivity contribution in [3.05, 3.63) is 35.9 Å². The Labute approximate surface area is 130 Å². The lowest BCUT2D eigenvalue weighted by molar-refractivity contribution is -0.0172. The molecule has 2 fully saturated rings. The highest BCUT2D eigenvalue weighted by molar-refractivity contribution is 5.21. The lowest BCUT2D eigenvalue weighted by atomic mass is 9.91. The summed E-state index contributed by atoms with van der Waals surface area (Å²) in [5.41, 5.74) is 1.51. The van der Waals surface area contributed by atoms with Crippen LogP contribution >= 0.6 is 0 Å². The third kappa shape index (κ3) is 3.17. The van der Waals surface area contributed by atoms with Crippen LogP contribution in [0.5, 0.6) is 0 Å². The number of piperazine rings is 1. The molecule has 0 bridgehead atoms. The maximum absolute atomic E-state index is 2.82. The summed E-state index contributed by atoms with van der Waals surface area (Å²) in [4.78, 5) is 5.59. The summed E-state index contributed by atoms with van der Waals surface area (Å²) in [6, 6.07) is 13.3. The number of rotatable bonds is 4. The molecule has 2 unspecified atom stereocenters. The van der Waals surface area contributed by atoms with Crippen LogP contribution in [-0.4, -0.2) is 41.5 Å². The van der Waals surface area contributed by atoms with E-state index in [2.05, 4.69) is 54.0 Å². The Hall–Kier alpha value is -0.860. The van der Waals surface area contributed by atoms with E-state index >= 15 is 0 Å². The predicted molar refractivity (Wildman–Crippen MR) is 89.5 cm³/mol. The molecule has 0 aromatic heterocycles. The second-order valence-electron chi connectivity index (χ2n) is 6.74. The second kappa shape index (κ2) is 6.93. The highest BCUT2D eigenvalue weighted by Crippen LogP contribution is 2.34. The highest BCUT2D eigenvalue weighted by atomic mass is 15.3. The van der Waals surface area contributed by atoms with E-state index in [1.165, 1.54) is 57.3 Å². The standard InChI is InChI=1S/C19H30N2/c1-3-17(4-2)21-14-18-12-8-9-13-20(18)15-19(21)16-10-6-5-7-11-16/h5-7,10-11,17-19H,3-4,8-9,12-15H2,1-2H3. The SMILES string of the molecule is CCC(CC)N1CC2CCCCN2CC1c1ccccc1. The van der Waals surface area contributed by atoms with Crippen LogP contribution in [0.1, 0.15) is 57.6 Å². The fourth-order valence-electron chi connectivity index (χ4n) is 4.34. The van der Waals surface area contributed by atoms with Gasteiger partial charge in [-0.05, 0) is 37.8 Å². The molecule has 2 saturated heterocycles. The van der Waals surface area contributed by atoms with E-state index in [4.69, 9.17) is 0 Å². The van der Waals surface area contributed by atoms with Gasteiger partial charge in [-0.1, -0.05) is 50.6 Å². The summed E-state index contributed by atoms with van der Waals surface area (Å²) in [5.74, 6) is 0. The topological polar surface area (TPSA) is 6.48 Å². The number of piperidine rings is 1. The Balaban J connectivity index is 1.85. The van der Waals surface area contributed by atoms with Crippen LogP contribution in [0.25, 0.3) is 0 Å². The van der Waals surface area contributed by atoms with Crippen LogP contribution < -0.4 is 0 Å². The van der Waals surface area contributed by atoms with Crippen LogP contribution in [0.15, 0.2) is 30.3 Å². The van der Waals surface area contributed by atoms with E-state index in [9.17, 15) is 0 Å². The van der Waals surface area contributed by atoms with Gasteiger partial charge < -0.3 is 0 Å². The van der Waals surface area contributed by atoms with Gasteiger partial charge in [-0.25, -0.2) is 0 Å². The smallest absolute Gasteiger partial charge is 0.0478 e. The molecule has 0 radical (unpaired) electrons. The third-order valence-corrected chi connectivity index (χ3v) is 5.57. The number of fused-ring (bicyclic) bond motifs is 1. The maximum Gasteiger partial charge on any atom is 0.0478 e. The van der Waals surface area contributed by atoms with Crippen LogP contribution in [0.3, 0.4) is 0 Å². The van der Waals surface area contributed by atoms with Gasteiger partial charge in [-0.3, -0.25) is 9.80 Å². The first kappa shape index (κ1) is 15.1. The van der Waals surface area contributed by atoms with E-state index in [0.717, 1.165) is 12.1 Å². The minimum Gasteiger partial charge on any atom is -0.297 e. The monoisotopic (exact) mass is 286 g/mol. The third-order valence-electron chi connectivity index (χ3n) is 5.57. The first-order valence-corrected chi connectivity index (χ1v) is 8.88. The Morgan fingerprint density at radius 1 is 1.05 bits per heavy atom. The Bertz CT molecular complexity index is 426. The van der Waals surface area contributed by atoms with E-state index in [-0.39, 0.29) is 0 Å². The van der Waals surface area contributed by atoms with Crippen molar-refractivity contribution < 1.29 is 0 Å². The van der Waals surface area contributed by atoms with Crippen molar-refractivity contribution in [3.63, 3.8) is 0 Å². The Kier molecular flexibility index (Phi) is 4.97. The first-order chi connectivity index (χ1) is 10.3. The molecular formula is C19H30N2. The van der Waals surface area contributed by atoms with Crippen molar-refractivity contribution in [1.82, 2.24) is 9.80 Å². The van der Waals surface area contributed by atoms with Gasteiger partial charge in [0.05, 0.1) is 0 Å². The molecule has 1 aromatic carbocycles. The molecule has 3 rings (SSSR count). The first-order valence-electron chi connectivity index (χ1n) is 8.88. The van der Waals surface area contributed by atoms with Gasteiger partial charge in [0, 0.05) is 31.2 Å². The van der Waals surface area contributed by atoms with Crippen molar-refractivity contribution >= 4 is 0 Å². The van der Waals surface area contributed by atoms with Crippen molar-refractivity contribution in [2.45, 2.75) is 64.1 Å². The lowest BCUT2D eigenvalue weighted by Gasteiger charge is -2.51. The van der Waals surface area contributed by atoms with Crippen molar-refractivity contribution in [2.24, 2.45) is 0 Å². The minimum absolute atomic E-state index is 0.588. The molecular weight excluding hydrogens is 256 g/mol. The summed E-state index contributed by atoms with van der Waals surface area (Å²) in [6.45, 7) is 8.51. The molecule has 2 heterocycles. The average Bonchev–Trinajstić information content (AvgIpc) is 2.56.